The molecule has 1 atom stereocenters. The van der Waals surface area contributed by atoms with E-state index in [2.05, 4.69) is 142 Å². The minimum atomic E-state index is -0.809. The van der Waals surface area contributed by atoms with E-state index >= 15 is 0 Å². The van der Waals surface area contributed by atoms with Crippen LogP contribution < -0.4 is 0 Å². The van der Waals surface area contributed by atoms with E-state index in [1.165, 1.54) is 103 Å². The fourth-order valence-electron chi connectivity index (χ4n) is 8.08. The van der Waals surface area contributed by atoms with Crippen LogP contribution in [0.3, 0.4) is 0 Å². The number of hydrogen-bond donors (Lipinski definition) is 0. The number of unbranched alkanes of at least 4 members (excludes halogenated alkanes) is 23. The molecule has 420 valence electrons. The van der Waals surface area contributed by atoms with E-state index in [1.807, 2.05) is 0 Å². The molecule has 6 nitrogen and oxygen atoms in total. The highest BCUT2D eigenvalue weighted by atomic mass is 16.6. The summed E-state index contributed by atoms with van der Waals surface area (Å²) < 4.78 is 16.9. The second-order valence-corrected chi connectivity index (χ2v) is 19.9. The van der Waals surface area contributed by atoms with Crippen molar-refractivity contribution in [2.75, 3.05) is 13.2 Å². The largest absolute Gasteiger partial charge is 0.462 e. The van der Waals surface area contributed by atoms with Gasteiger partial charge in [-0.3, -0.25) is 14.4 Å². The Balaban J connectivity index is 4.48. The van der Waals surface area contributed by atoms with Crippen molar-refractivity contribution in [3.05, 3.63) is 122 Å². The van der Waals surface area contributed by atoms with Gasteiger partial charge < -0.3 is 14.2 Å². The molecule has 0 aliphatic heterocycles. The third kappa shape index (κ3) is 58.7. The Bertz CT molecular complexity index is 1550. The van der Waals surface area contributed by atoms with Crippen LogP contribution in [0.25, 0.3) is 0 Å². The number of esters is 3. The summed E-state index contributed by atoms with van der Waals surface area (Å²) in [7, 11) is 0. The highest BCUT2D eigenvalue weighted by Crippen LogP contribution is 2.14. The topological polar surface area (TPSA) is 78.9 Å². The molecule has 0 bridgehead atoms. The van der Waals surface area contributed by atoms with Crippen molar-refractivity contribution in [3.8, 4) is 0 Å². The van der Waals surface area contributed by atoms with E-state index < -0.39 is 6.10 Å². The smallest absolute Gasteiger partial charge is 0.306 e. The SMILES string of the molecule is CC/C=C\C/C=C\C/C=C\C/C=C\C/C=C\C/C=C\CCCCC(=O)OCC(COC(=O)CCCCCCC/C=C\C/C=C\CCCC)OC(=O)CCCCCCCCCCC/C=C\C/C=C\CCCCCCC. The molecule has 0 aromatic heterocycles. The summed E-state index contributed by atoms with van der Waals surface area (Å²) in [6.45, 7) is 6.43. The molecule has 0 aliphatic carbocycles. The van der Waals surface area contributed by atoms with Crippen LogP contribution in [0.5, 0.6) is 0 Å². The molecule has 0 radical (unpaired) electrons. The maximum absolute atomic E-state index is 12.9. The average molecular weight is 1030 g/mol. The third-order valence-electron chi connectivity index (χ3n) is 12.7. The zero-order valence-corrected chi connectivity index (χ0v) is 48.1. The molecule has 6 heteroatoms. The minimum absolute atomic E-state index is 0.104. The number of rotatable bonds is 54. The Labute approximate surface area is 456 Å². The van der Waals surface area contributed by atoms with E-state index in [-0.39, 0.29) is 31.1 Å². The molecule has 0 aliphatic rings. The lowest BCUT2D eigenvalue weighted by Gasteiger charge is -2.18. The summed E-state index contributed by atoms with van der Waals surface area (Å²) >= 11 is 0. The van der Waals surface area contributed by atoms with Gasteiger partial charge in [0, 0.05) is 19.3 Å². The van der Waals surface area contributed by atoms with Gasteiger partial charge in [-0.05, 0) is 128 Å². The van der Waals surface area contributed by atoms with E-state index in [0.717, 1.165) is 122 Å². The Kier molecular flexibility index (Phi) is 57.9. The minimum Gasteiger partial charge on any atom is -0.462 e. The molecule has 0 amide bonds. The molecule has 0 aromatic carbocycles. The van der Waals surface area contributed by atoms with Crippen molar-refractivity contribution in [2.24, 2.45) is 0 Å². The fourth-order valence-corrected chi connectivity index (χ4v) is 8.08. The number of allylic oxidation sites excluding steroid dienone is 20. The lowest BCUT2D eigenvalue weighted by molar-refractivity contribution is -0.167. The van der Waals surface area contributed by atoms with Crippen molar-refractivity contribution < 1.29 is 28.6 Å². The molecule has 0 fully saturated rings. The molecule has 0 aromatic rings. The van der Waals surface area contributed by atoms with E-state index in [0.29, 0.717) is 25.7 Å². The summed E-state index contributed by atoms with van der Waals surface area (Å²) in [4.78, 5) is 38.2. The first-order chi connectivity index (χ1) is 36.5. The Hall–Kier alpha value is -4.19. The highest BCUT2D eigenvalue weighted by molar-refractivity contribution is 5.71. The van der Waals surface area contributed by atoms with E-state index in [9.17, 15) is 14.4 Å². The van der Waals surface area contributed by atoms with Crippen molar-refractivity contribution >= 4 is 17.9 Å². The second kappa shape index (κ2) is 61.4. The van der Waals surface area contributed by atoms with Crippen LogP contribution >= 0.6 is 0 Å². The first-order valence-corrected chi connectivity index (χ1v) is 30.5. The maximum atomic E-state index is 12.9. The van der Waals surface area contributed by atoms with Gasteiger partial charge in [-0.15, -0.1) is 0 Å². The van der Waals surface area contributed by atoms with E-state index in [1.54, 1.807) is 0 Å². The standard InChI is InChI=1S/C68H112O6/c1-4-7-10-13-16-19-22-25-28-30-32-34-36-38-40-43-46-49-52-55-58-61-67(70)73-64-65(63-72-66(69)60-57-54-51-48-45-42-27-24-21-18-15-12-9-6-3)74-68(71)62-59-56-53-50-47-44-41-39-37-35-33-31-29-26-23-20-17-14-11-8-5-2/h7,10,15-16,18-19,23-28,31-34,38,40,46,49,65H,4-6,8-9,11-14,17,20-22,29-30,35-37,39,41-45,47-48,50-64H2,1-3H3/b10-7-,18-15-,19-16-,26-23-,27-24-,28-25-,33-31-,34-32-,40-38-,49-46-. The number of ether oxygens (including phenoxy) is 3. The van der Waals surface area contributed by atoms with Crippen molar-refractivity contribution in [1.82, 2.24) is 0 Å². The Morgan fingerprint density at radius 2 is 0.541 bits per heavy atom. The summed E-state index contributed by atoms with van der Waals surface area (Å²) in [6, 6.07) is 0. The first kappa shape index (κ1) is 69.8. The zero-order chi connectivity index (χ0) is 53.6. The number of carbonyl (C=O) groups is 3. The highest BCUT2D eigenvalue weighted by Gasteiger charge is 2.19. The third-order valence-corrected chi connectivity index (χ3v) is 12.7. The molecule has 0 saturated heterocycles. The molecule has 0 spiro atoms. The molecular formula is C68H112O6. The molecule has 0 heterocycles. The quantitative estimate of drug-likeness (QED) is 0.0261. The van der Waals surface area contributed by atoms with Gasteiger partial charge >= 0.3 is 17.9 Å². The van der Waals surface area contributed by atoms with Crippen LogP contribution in [0.4, 0.5) is 0 Å². The molecule has 1 unspecified atom stereocenters. The lowest BCUT2D eigenvalue weighted by atomic mass is 10.1. The number of carbonyl (C=O) groups excluding carboxylic acids is 3. The van der Waals surface area contributed by atoms with Gasteiger partial charge in [0.15, 0.2) is 6.10 Å². The van der Waals surface area contributed by atoms with Gasteiger partial charge in [0.1, 0.15) is 13.2 Å². The summed E-state index contributed by atoms with van der Waals surface area (Å²) in [5.74, 6) is -0.964. The van der Waals surface area contributed by atoms with Gasteiger partial charge in [-0.1, -0.05) is 245 Å². The fraction of sp³-hybridized carbons (Fsp3) is 0.662. The summed E-state index contributed by atoms with van der Waals surface area (Å²) in [6.07, 6.45) is 84.8. The van der Waals surface area contributed by atoms with Crippen molar-refractivity contribution in [2.45, 2.75) is 277 Å². The predicted molar refractivity (Wildman–Crippen MR) is 320 cm³/mol. The van der Waals surface area contributed by atoms with Crippen LogP contribution in [0.2, 0.25) is 0 Å². The molecule has 0 rings (SSSR count). The van der Waals surface area contributed by atoms with Gasteiger partial charge in [-0.2, -0.15) is 0 Å². The van der Waals surface area contributed by atoms with E-state index in [4.69, 9.17) is 14.2 Å². The van der Waals surface area contributed by atoms with Crippen molar-refractivity contribution in [3.63, 3.8) is 0 Å². The lowest BCUT2D eigenvalue weighted by Crippen LogP contribution is -2.30. The summed E-state index contributed by atoms with van der Waals surface area (Å²) in [5.41, 5.74) is 0. The average Bonchev–Trinajstić information content (AvgIpc) is 3.40. The predicted octanol–water partition coefficient (Wildman–Crippen LogP) is 20.8. The van der Waals surface area contributed by atoms with Crippen LogP contribution in [-0.2, 0) is 28.6 Å². The van der Waals surface area contributed by atoms with Crippen LogP contribution in [0, 0.1) is 0 Å². The maximum Gasteiger partial charge on any atom is 0.306 e. The second-order valence-electron chi connectivity index (χ2n) is 19.9. The Morgan fingerprint density at radius 1 is 0.284 bits per heavy atom. The van der Waals surface area contributed by atoms with Crippen molar-refractivity contribution in [1.29, 1.82) is 0 Å². The monoisotopic (exact) mass is 1020 g/mol. The molecular weight excluding hydrogens is 913 g/mol. The first-order valence-electron chi connectivity index (χ1n) is 30.5. The van der Waals surface area contributed by atoms with Gasteiger partial charge in [0.05, 0.1) is 0 Å². The molecule has 0 N–H and O–H groups in total. The van der Waals surface area contributed by atoms with Crippen LogP contribution in [0.15, 0.2) is 122 Å². The molecule has 0 saturated carbocycles. The number of hydrogen-bond acceptors (Lipinski definition) is 6. The van der Waals surface area contributed by atoms with Gasteiger partial charge in [0.2, 0.25) is 0 Å². The van der Waals surface area contributed by atoms with Crippen LogP contribution in [0.1, 0.15) is 271 Å². The Morgan fingerprint density at radius 3 is 0.892 bits per heavy atom. The molecule has 74 heavy (non-hydrogen) atoms. The normalized spacial score (nSPS) is 13.0. The van der Waals surface area contributed by atoms with Crippen LogP contribution in [-0.4, -0.2) is 37.2 Å². The van der Waals surface area contributed by atoms with Gasteiger partial charge in [0.25, 0.3) is 0 Å². The summed E-state index contributed by atoms with van der Waals surface area (Å²) in [5, 5.41) is 0. The zero-order valence-electron chi connectivity index (χ0n) is 48.1. The van der Waals surface area contributed by atoms with Gasteiger partial charge in [-0.25, -0.2) is 0 Å².